The van der Waals surface area contributed by atoms with E-state index in [1.807, 2.05) is 27.7 Å². The van der Waals surface area contributed by atoms with Gasteiger partial charge in [-0.25, -0.2) is 0 Å². The first kappa shape index (κ1) is 30.5. The van der Waals surface area contributed by atoms with Gasteiger partial charge in [0.2, 0.25) is 0 Å². The smallest absolute Gasteiger partial charge is 0.0428 e. The summed E-state index contributed by atoms with van der Waals surface area (Å²) in [7, 11) is 0. The third-order valence-corrected chi connectivity index (χ3v) is 0.894. The SMILES string of the molecule is CCCO.CCCO.CCCO.CCCO.[Ta]. The molecule has 5 heteroatoms. The minimum Gasteiger partial charge on any atom is -0.396 e. The third-order valence-electron chi connectivity index (χ3n) is 0.894. The Morgan fingerprint density at radius 1 is 0.471 bits per heavy atom. The number of hydrogen-bond donors (Lipinski definition) is 4. The minimum atomic E-state index is 0. The number of hydrogen-bond acceptors (Lipinski definition) is 4. The molecule has 0 amide bonds. The van der Waals surface area contributed by atoms with Crippen LogP contribution in [0.5, 0.6) is 0 Å². The minimum absolute atomic E-state index is 0. The fourth-order valence-corrected chi connectivity index (χ4v) is 0. The zero-order valence-electron chi connectivity index (χ0n) is 11.9. The van der Waals surface area contributed by atoms with Gasteiger partial charge in [0.25, 0.3) is 0 Å². The second-order valence-electron chi connectivity index (χ2n) is 2.89. The van der Waals surface area contributed by atoms with Crippen LogP contribution in [0.15, 0.2) is 0 Å². The van der Waals surface area contributed by atoms with Crippen LogP contribution in [0.1, 0.15) is 53.4 Å². The Hall–Kier alpha value is 0.580. The van der Waals surface area contributed by atoms with Gasteiger partial charge in [0, 0.05) is 48.8 Å². The Morgan fingerprint density at radius 2 is 0.529 bits per heavy atom. The van der Waals surface area contributed by atoms with E-state index in [2.05, 4.69) is 0 Å². The van der Waals surface area contributed by atoms with Crippen molar-refractivity contribution in [1.82, 2.24) is 0 Å². The van der Waals surface area contributed by atoms with Crippen molar-refractivity contribution in [1.29, 1.82) is 0 Å². The van der Waals surface area contributed by atoms with E-state index in [9.17, 15) is 0 Å². The monoisotopic (exact) mass is 421 g/mol. The van der Waals surface area contributed by atoms with Gasteiger partial charge in [-0.2, -0.15) is 0 Å². The summed E-state index contributed by atoms with van der Waals surface area (Å²) in [5, 5.41) is 31.5. The Morgan fingerprint density at radius 3 is 0.529 bits per heavy atom. The van der Waals surface area contributed by atoms with Crippen LogP contribution < -0.4 is 0 Å². The number of aliphatic hydroxyl groups excluding tert-OH is 4. The molecule has 0 aliphatic carbocycles. The van der Waals surface area contributed by atoms with Crippen molar-refractivity contribution in [2.24, 2.45) is 0 Å². The standard InChI is InChI=1S/4C3H8O.Ta/c4*1-2-3-4;/h4*4H,2-3H2,1H3;. The van der Waals surface area contributed by atoms with Crippen molar-refractivity contribution < 1.29 is 42.8 Å². The Kier molecular flexibility index (Phi) is 98.2. The molecule has 0 bridgehead atoms. The molecule has 0 aliphatic rings. The van der Waals surface area contributed by atoms with Crippen LogP contribution in [-0.4, -0.2) is 46.9 Å². The molecule has 0 aliphatic heterocycles. The van der Waals surface area contributed by atoms with Gasteiger partial charge in [0.05, 0.1) is 0 Å². The fourth-order valence-electron chi connectivity index (χ4n) is 0. The van der Waals surface area contributed by atoms with Crippen molar-refractivity contribution in [3.05, 3.63) is 0 Å². The Bertz CT molecular complexity index is 42.5. The summed E-state index contributed by atoms with van der Waals surface area (Å²) in [4.78, 5) is 0. The van der Waals surface area contributed by atoms with E-state index >= 15 is 0 Å². The summed E-state index contributed by atoms with van der Waals surface area (Å²) in [5.41, 5.74) is 0. The van der Waals surface area contributed by atoms with Crippen LogP contribution in [0.25, 0.3) is 0 Å². The Labute approximate surface area is 123 Å². The van der Waals surface area contributed by atoms with Crippen LogP contribution >= 0.6 is 0 Å². The van der Waals surface area contributed by atoms with Crippen LogP contribution in [0, 0.1) is 0 Å². The first-order chi connectivity index (χ1) is 7.66. The molecule has 0 fully saturated rings. The predicted octanol–water partition coefficient (Wildman–Crippen LogP) is 1.55. The van der Waals surface area contributed by atoms with Gasteiger partial charge < -0.3 is 20.4 Å². The average molecular weight is 421 g/mol. The fraction of sp³-hybridized carbons (Fsp3) is 1.00. The van der Waals surface area contributed by atoms with Crippen LogP contribution in [0.4, 0.5) is 0 Å². The molecule has 0 heterocycles. The van der Waals surface area contributed by atoms with Crippen molar-refractivity contribution in [2.75, 3.05) is 26.4 Å². The molecule has 0 aromatic carbocycles. The van der Waals surface area contributed by atoms with E-state index < -0.39 is 0 Å². The summed E-state index contributed by atoms with van der Waals surface area (Å²) >= 11 is 0. The van der Waals surface area contributed by atoms with E-state index in [0.717, 1.165) is 25.7 Å². The maximum absolute atomic E-state index is 7.88. The largest absolute Gasteiger partial charge is 0.396 e. The zero-order valence-corrected chi connectivity index (χ0v) is 15.1. The molecule has 0 saturated heterocycles. The van der Waals surface area contributed by atoms with Gasteiger partial charge in [-0.1, -0.05) is 27.7 Å². The van der Waals surface area contributed by atoms with E-state index in [-0.39, 0.29) is 22.4 Å². The topological polar surface area (TPSA) is 80.9 Å². The van der Waals surface area contributed by atoms with E-state index in [1.54, 1.807) is 0 Å². The molecule has 1 radical (unpaired) electrons. The number of rotatable bonds is 4. The molecule has 0 spiro atoms. The maximum atomic E-state index is 7.88. The predicted molar refractivity (Wildman–Crippen MR) is 69.5 cm³/mol. The molecule has 0 rings (SSSR count). The normalized spacial score (nSPS) is 7.06. The zero-order chi connectivity index (χ0) is 13.7. The molecule has 109 valence electrons. The molecule has 4 N–H and O–H groups in total. The summed E-state index contributed by atoms with van der Waals surface area (Å²) in [6, 6.07) is 0. The molecule has 0 aromatic heterocycles. The molecule has 0 atom stereocenters. The Balaban J connectivity index is -0.0000000369. The van der Waals surface area contributed by atoms with Crippen LogP contribution in [-0.2, 0) is 22.4 Å². The second kappa shape index (κ2) is 54.7. The van der Waals surface area contributed by atoms with Crippen LogP contribution in [0.2, 0.25) is 0 Å². The molecule has 17 heavy (non-hydrogen) atoms. The van der Waals surface area contributed by atoms with Crippen molar-refractivity contribution in [3.63, 3.8) is 0 Å². The molecular formula is C12H32O4Ta. The molecule has 0 aromatic rings. The second-order valence-corrected chi connectivity index (χ2v) is 2.89. The van der Waals surface area contributed by atoms with E-state index in [1.165, 1.54) is 0 Å². The van der Waals surface area contributed by atoms with Crippen molar-refractivity contribution >= 4 is 0 Å². The first-order valence-electron chi connectivity index (χ1n) is 6.09. The van der Waals surface area contributed by atoms with Crippen LogP contribution in [0.3, 0.4) is 0 Å². The quantitative estimate of drug-likeness (QED) is 0.556. The summed E-state index contributed by atoms with van der Waals surface area (Å²) < 4.78 is 0. The first-order valence-corrected chi connectivity index (χ1v) is 6.09. The van der Waals surface area contributed by atoms with E-state index in [0.29, 0.717) is 26.4 Å². The summed E-state index contributed by atoms with van der Waals surface area (Å²) in [5.74, 6) is 0. The maximum Gasteiger partial charge on any atom is 0.0428 e. The third kappa shape index (κ3) is 168. The molecule has 0 unspecified atom stereocenters. The van der Waals surface area contributed by atoms with Gasteiger partial charge in [-0.15, -0.1) is 0 Å². The number of aliphatic hydroxyl groups is 4. The summed E-state index contributed by atoms with van der Waals surface area (Å²) in [6.07, 6.45) is 3.50. The van der Waals surface area contributed by atoms with Crippen molar-refractivity contribution in [3.8, 4) is 0 Å². The van der Waals surface area contributed by atoms with E-state index in [4.69, 9.17) is 20.4 Å². The molecular weight excluding hydrogens is 389 g/mol. The van der Waals surface area contributed by atoms with Gasteiger partial charge >= 0.3 is 0 Å². The van der Waals surface area contributed by atoms with Gasteiger partial charge in [-0.3, -0.25) is 0 Å². The molecule has 4 nitrogen and oxygen atoms in total. The molecule has 0 saturated carbocycles. The summed E-state index contributed by atoms with van der Waals surface area (Å²) in [6.45, 7) is 9.00. The van der Waals surface area contributed by atoms with Gasteiger partial charge in [0.15, 0.2) is 0 Å². The average Bonchev–Trinajstić information content (AvgIpc) is 2.39. The van der Waals surface area contributed by atoms with Gasteiger partial charge in [-0.05, 0) is 25.7 Å². The van der Waals surface area contributed by atoms with Crippen molar-refractivity contribution in [2.45, 2.75) is 53.4 Å². The van der Waals surface area contributed by atoms with Gasteiger partial charge in [0.1, 0.15) is 0 Å².